The Bertz CT molecular complexity index is 1080. The van der Waals surface area contributed by atoms with Crippen molar-refractivity contribution in [1.82, 2.24) is 15.0 Å². The largest absolute Gasteiger partial charge is 0.248 e. The van der Waals surface area contributed by atoms with Gasteiger partial charge in [-0.15, -0.1) is 0 Å². The Morgan fingerprint density at radius 3 is 2.00 bits per heavy atom. The van der Waals surface area contributed by atoms with Crippen LogP contribution in [-0.2, 0) is 0 Å². The van der Waals surface area contributed by atoms with E-state index in [9.17, 15) is 0 Å². The lowest BCUT2D eigenvalue weighted by molar-refractivity contribution is 1.40. The highest BCUT2D eigenvalue weighted by molar-refractivity contribution is 6.08. The zero-order valence-corrected chi connectivity index (χ0v) is 11.7. The number of fused-ring (bicyclic) bond motifs is 5. The molecular weight excluding hydrogens is 270 g/mol. The van der Waals surface area contributed by atoms with Gasteiger partial charge in [0, 0.05) is 10.8 Å². The fourth-order valence-corrected chi connectivity index (χ4v) is 2.93. The van der Waals surface area contributed by atoms with Gasteiger partial charge in [-0.3, -0.25) is 0 Å². The molecule has 3 aromatic carbocycles. The maximum absolute atomic E-state index is 4.81. The quantitative estimate of drug-likeness (QED) is 0.310. The van der Waals surface area contributed by atoms with Gasteiger partial charge in [0.05, 0.1) is 33.1 Å². The molecule has 2 aromatic heterocycles. The van der Waals surface area contributed by atoms with E-state index in [4.69, 9.17) is 15.0 Å². The van der Waals surface area contributed by atoms with Crippen molar-refractivity contribution in [1.29, 1.82) is 0 Å². The molecule has 0 radical (unpaired) electrons. The van der Waals surface area contributed by atoms with Crippen molar-refractivity contribution in [3.05, 3.63) is 66.7 Å². The molecule has 0 spiro atoms. The zero-order valence-electron chi connectivity index (χ0n) is 11.7. The van der Waals surface area contributed by atoms with Gasteiger partial charge in [0.25, 0.3) is 0 Å². The predicted octanol–water partition coefficient (Wildman–Crippen LogP) is 4.48. The lowest BCUT2D eigenvalue weighted by atomic mass is 10.1. The fraction of sp³-hybridized carbons (Fsp3) is 0. The molecule has 102 valence electrons. The summed E-state index contributed by atoms with van der Waals surface area (Å²) in [5.41, 5.74) is 5.61. The van der Waals surface area contributed by atoms with Crippen LogP contribution >= 0.6 is 0 Å². The Balaban J connectivity index is 2.00. The second-order valence-corrected chi connectivity index (χ2v) is 5.39. The first-order chi connectivity index (χ1) is 10.9. The van der Waals surface area contributed by atoms with E-state index in [1.807, 2.05) is 54.6 Å². The minimum Gasteiger partial charge on any atom is -0.248 e. The van der Waals surface area contributed by atoms with Crippen LogP contribution in [0.5, 0.6) is 0 Å². The predicted molar refractivity (Wildman–Crippen MR) is 89.9 cm³/mol. The molecule has 0 saturated heterocycles. The first kappa shape index (κ1) is 11.6. The molecule has 0 saturated carbocycles. The molecule has 0 fully saturated rings. The first-order valence-electron chi connectivity index (χ1n) is 7.23. The van der Waals surface area contributed by atoms with E-state index in [1.165, 1.54) is 0 Å². The summed E-state index contributed by atoms with van der Waals surface area (Å²) in [5, 5.41) is 2.17. The highest BCUT2D eigenvalue weighted by Crippen LogP contribution is 2.26. The van der Waals surface area contributed by atoms with Gasteiger partial charge in [0.2, 0.25) is 0 Å². The van der Waals surface area contributed by atoms with Crippen LogP contribution in [0.2, 0.25) is 0 Å². The fourth-order valence-electron chi connectivity index (χ4n) is 2.93. The molecule has 2 heterocycles. The van der Waals surface area contributed by atoms with Gasteiger partial charge < -0.3 is 0 Å². The summed E-state index contributed by atoms with van der Waals surface area (Å²) >= 11 is 0. The molecule has 22 heavy (non-hydrogen) atoms. The van der Waals surface area contributed by atoms with Gasteiger partial charge in [-0.25, -0.2) is 15.0 Å². The smallest absolute Gasteiger partial charge is 0.0988 e. The van der Waals surface area contributed by atoms with Crippen molar-refractivity contribution >= 4 is 43.9 Å². The van der Waals surface area contributed by atoms with Gasteiger partial charge in [-0.2, -0.15) is 0 Å². The molecule has 3 nitrogen and oxygen atoms in total. The molecule has 5 rings (SSSR count). The molecule has 0 unspecified atom stereocenters. The maximum atomic E-state index is 4.81. The van der Waals surface area contributed by atoms with E-state index in [0.29, 0.717) is 0 Å². The monoisotopic (exact) mass is 281 g/mol. The van der Waals surface area contributed by atoms with Crippen LogP contribution in [0, 0.1) is 0 Å². The lowest BCUT2D eigenvalue weighted by Crippen LogP contribution is -1.90. The third-order valence-electron chi connectivity index (χ3n) is 4.01. The van der Waals surface area contributed by atoms with Crippen LogP contribution in [-0.4, -0.2) is 15.0 Å². The molecule has 0 atom stereocenters. The Labute approximate surface area is 126 Å². The van der Waals surface area contributed by atoms with Crippen LogP contribution in [0.25, 0.3) is 43.9 Å². The van der Waals surface area contributed by atoms with E-state index < -0.39 is 0 Å². The number of pyridine rings is 1. The third-order valence-corrected chi connectivity index (χ3v) is 4.01. The zero-order chi connectivity index (χ0) is 14.5. The van der Waals surface area contributed by atoms with E-state index >= 15 is 0 Å². The van der Waals surface area contributed by atoms with Gasteiger partial charge >= 0.3 is 0 Å². The van der Waals surface area contributed by atoms with Gasteiger partial charge in [-0.05, 0) is 36.4 Å². The number of nitrogens with zero attached hydrogens (tertiary/aromatic N) is 3. The molecule has 3 heteroatoms. The molecule has 0 aliphatic heterocycles. The van der Waals surface area contributed by atoms with Crippen molar-refractivity contribution in [2.24, 2.45) is 0 Å². The molecule has 0 bridgehead atoms. The summed E-state index contributed by atoms with van der Waals surface area (Å²) in [5.74, 6) is 0. The summed E-state index contributed by atoms with van der Waals surface area (Å²) in [6.45, 7) is 0. The Hall–Kier alpha value is -3.07. The third kappa shape index (κ3) is 1.59. The Morgan fingerprint density at radius 2 is 1.14 bits per heavy atom. The van der Waals surface area contributed by atoms with Gasteiger partial charge in [0.15, 0.2) is 0 Å². The lowest BCUT2D eigenvalue weighted by Gasteiger charge is -2.06. The second-order valence-electron chi connectivity index (χ2n) is 5.39. The van der Waals surface area contributed by atoms with Crippen molar-refractivity contribution in [3.63, 3.8) is 0 Å². The van der Waals surface area contributed by atoms with Crippen molar-refractivity contribution in [2.75, 3.05) is 0 Å². The molecule has 0 aliphatic rings. The van der Waals surface area contributed by atoms with E-state index in [-0.39, 0.29) is 0 Å². The van der Waals surface area contributed by atoms with Crippen molar-refractivity contribution in [3.8, 4) is 0 Å². The standard InChI is InChI=1S/C19H11N3/c1-2-6-14-12(5-1)11-13-15(20-14)9-10-18-19(13)22-17-8-4-3-7-16(17)21-18/h1-11H. The number of hydrogen-bond donors (Lipinski definition) is 0. The Kier molecular flexibility index (Phi) is 2.22. The summed E-state index contributed by atoms with van der Waals surface area (Å²) < 4.78 is 0. The summed E-state index contributed by atoms with van der Waals surface area (Å²) in [6.07, 6.45) is 0. The molecule has 0 aliphatic carbocycles. The minimum absolute atomic E-state index is 0.906. The van der Waals surface area contributed by atoms with Crippen LogP contribution in [0.3, 0.4) is 0 Å². The van der Waals surface area contributed by atoms with Crippen LogP contribution < -0.4 is 0 Å². The number of para-hydroxylation sites is 3. The normalized spacial score (nSPS) is 11.6. The first-order valence-corrected chi connectivity index (χ1v) is 7.23. The number of benzene rings is 3. The van der Waals surface area contributed by atoms with E-state index in [0.717, 1.165) is 43.9 Å². The molecule has 5 aromatic rings. The summed E-state index contributed by atoms with van der Waals surface area (Å²) in [6, 6.07) is 22.3. The number of rotatable bonds is 0. The van der Waals surface area contributed by atoms with Gasteiger partial charge in [-0.1, -0.05) is 30.3 Å². The molecule has 0 N–H and O–H groups in total. The highest BCUT2D eigenvalue weighted by Gasteiger charge is 2.07. The molecule has 0 amide bonds. The van der Waals surface area contributed by atoms with Crippen LogP contribution in [0.4, 0.5) is 0 Å². The van der Waals surface area contributed by atoms with E-state index in [2.05, 4.69) is 12.1 Å². The van der Waals surface area contributed by atoms with Crippen molar-refractivity contribution in [2.45, 2.75) is 0 Å². The number of aromatic nitrogens is 3. The Morgan fingerprint density at radius 1 is 0.500 bits per heavy atom. The van der Waals surface area contributed by atoms with Crippen molar-refractivity contribution < 1.29 is 0 Å². The topological polar surface area (TPSA) is 38.7 Å². The average Bonchev–Trinajstić information content (AvgIpc) is 2.58. The van der Waals surface area contributed by atoms with Gasteiger partial charge in [0.1, 0.15) is 0 Å². The summed E-state index contributed by atoms with van der Waals surface area (Å²) in [7, 11) is 0. The van der Waals surface area contributed by atoms with Crippen LogP contribution in [0.1, 0.15) is 0 Å². The summed E-state index contributed by atoms with van der Waals surface area (Å²) in [4.78, 5) is 14.3. The average molecular weight is 281 g/mol. The highest BCUT2D eigenvalue weighted by atomic mass is 14.8. The maximum Gasteiger partial charge on any atom is 0.0988 e. The molecular formula is C19H11N3. The SMILES string of the molecule is c1ccc2nc3ccc4nc5ccccc5nc4c3cc2c1. The second kappa shape index (κ2) is 4.21. The minimum atomic E-state index is 0.906. The van der Waals surface area contributed by atoms with E-state index in [1.54, 1.807) is 0 Å². The number of hydrogen-bond acceptors (Lipinski definition) is 3. The van der Waals surface area contributed by atoms with Crippen LogP contribution in [0.15, 0.2) is 66.7 Å².